The van der Waals surface area contributed by atoms with E-state index in [1.54, 1.807) is 7.11 Å². The van der Waals surface area contributed by atoms with Crippen molar-refractivity contribution in [1.82, 2.24) is 15.2 Å². The first-order valence-corrected chi connectivity index (χ1v) is 9.35. The summed E-state index contributed by atoms with van der Waals surface area (Å²) in [6, 6.07) is 16.5. The zero-order valence-corrected chi connectivity index (χ0v) is 18.4. The largest absolute Gasteiger partial charge is 0.481 e. The van der Waals surface area contributed by atoms with E-state index >= 15 is 0 Å². The molecule has 1 fully saturated rings. The van der Waals surface area contributed by atoms with Gasteiger partial charge in [-0.1, -0.05) is 36.4 Å². The topological polar surface area (TPSA) is 49.8 Å². The Morgan fingerprint density at radius 3 is 2.78 bits per heavy atom. The van der Waals surface area contributed by atoms with Crippen LogP contribution in [-0.4, -0.2) is 42.6 Å². The molecule has 1 aliphatic rings. The Morgan fingerprint density at radius 1 is 1.22 bits per heavy atom. The number of nitrogens with one attached hydrogen (secondary N) is 1. The highest BCUT2D eigenvalue weighted by molar-refractivity contribution is 14.0. The first-order valence-electron chi connectivity index (χ1n) is 9.35. The standard InChI is InChI=1S/C21H28N4O.HI/c1-3-22-21(23-15-19-10-7-11-20(24-19)26-2)25-13-12-18(16-25)14-17-8-5-4-6-9-17;/h4-11,18H,3,12-16H2,1-2H3,(H,22,23);1H. The summed E-state index contributed by atoms with van der Waals surface area (Å²) in [5.41, 5.74) is 2.33. The summed E-state index contributed by atoms with van der Waals surface area (Å²) < 4.78 is 5.19. The molecule has 2 heterocycles. The number of aliphatic imine (C=N–C) groups is 1. The number of benzene rings is 1. The Bertz CT molecular complexity index is 723. The lowest BCUT2D eigenvalue weighted by molar-refractivity contribution is 0.396. The van der Waals surface area contributed by atoms with E-state index in [-0.39, 0.29) is 24.0 Å². The van der Waals surface area contributed by atoms with E-state index in [4.69, 9.17) is 9.73 Å². The van der Waals surface area contributed by atoms with Gasteiger partial charge in [-0.2, -0.15) is 0 Å². The number of rotatable bonds is 6. The molecule has 27 heavy (non-hydrogen) atoms. The minimum Gasteiger partial charge on any atom is -0.481 e. The molecule has 0 saturated carbocycles. The molecule has 1 aliphatic heterocycles. The molecule has 6 heteroatoms. The van der Waals surface area contributed by atoms with Crippen LogP contribution >= 0.6 is 24.0 Å². The van der Waals surface area contributed by atoms with Crippen LogP contribution in [0.4, 0.5) is 0 Å². The number of aromatic nitrogens is 1. The van der Waals surface area contributed by atoms with E-state index in [2.05, 4.69) is 52.5 Å². The predicted octanol–water partition coefficient (Wildman–Crippen LogP) is 3.74. The van der Waals surface area contributed by atoms with Crippen LogP contribution in [-0.2, 0) is 13.0 Å². The summed E-state index contributed by atoms with van der Waals surface area (Å²) in [7, 11) is 1.64. The highest BCUT2D eigenvalue weighted by Crippen LogP contribution is 2.21. The Balaban J connectivity index is 0.00000261. The third kappa shape index (κ3) is 6.37. The van der Waals surface area contributed by atoms with Gasteiger partial charge in [0.25, 0.3) is 0 Å². The Labute approximate surface area is 179 Å². The summed E-state index contributed by atoms with van der Waals surface area (Å²) in [4.78, 5) is 11.6. The van der Waals surface area contributed by atoms with Crippen LogP contribution in [0.1, 0.15) is 24.6 Å². The molecular weight excluding hydrogens is 451 g/mol. The van der Waals surface area contributed by atoms with Gasteiger partial charge in [0.2, 0.25) is 5.88 Å². The minimum atomic E-state index is 0. The Morgan fingerprint density at radius 2 is 2.04 bits per heavy atom. The number of guanidine groups is 1. The van der Waals surface area contributed by atoms with Gasteiger partial charge < -0.3 is 15.0 Å². The van der Waals surface area contributed by atoms with E-state index in [1.807, 2.05) is 18.2 Å². The van der Waals surface area contributed by atoms with Crippen molar-refractivity contribution < 1.29 is 4.74 Å². The zero-order chi connectivity index (χ0) is 18.2. The average Bonchev–Trinajstić information content (AvgIpc) is 3.14. The fourth-order valence-corrected chi connectivity index (χ4v) is 3.38. The SMILES string of the molecule is CCNC(=NCc1cccc(OC)n1)N1CCC(Cc2ccccc2)C1.I. The molecule has 3 rings (SSSR count). The maximum Gasteiger partial charge on any atom is 0.213 e. The Hall–Kier alpha value is -1.83. The van der Waals surface area contributed by atoms with Gasteiger partial charge in [-0.05, 0) is 37.3 Å². The van der Waals surface area contributed by atoms with Gasteiger partial charge in [0.15, 0.2) is 5.96 Å². The first-order chi connectivity index (χ1) is 12.8. The van der Waals surface area contributed by atoms with Crippen molar-refractivity contribution in [2.45, 2.75) is 26.3 Å². The molecule has 1 saturated heterocycles. The maximum atomic E-state index is 5.19. The molecule has 1 aromatic heterocycles. The van der Waals surface area contributed by atoms with Gasteiger partial charge in [0.1, 0.15) is 0 Å². The molecule has 5 nitrogen and oxygen atoms in total. The van der Waals surface area contributed by atoms with Crippen molar-refractivity contribution in [3.8, 4) is 5.88 Å². The van der Waals surface area contributed by atoms with Crippen LogP contribution in [0.2, 0.25) is 0 Å². The number of nitrogens with zero attached hydrogens (tertiary/aromatic N) is 3. The monoisotopic (exact) mass is 480 g/mol. The van der Waals surface area contributed by atoms with Gasteiger partial charge in [0, 0.05) is 25.7 Å². The number of methoxy groups -OCH3 is 1. The van der Waals surface area contributed by atoms with E-state index in [0.717, 1.165) is 37.7 Å². The molecule has 1 aromatic carbocycles. The van der Waals surface area contributed by atoms with Crippen molar-refractivity contribution in [3.63, 3.8) is 0 Å². The van der Waals surface area contributed by atoms with Gasteiger partial charge in [-0.25, -0.2) is 9.98 Å². The highest BCUT2D eigenvalue weighted by Gasteiger charge is 2.24. The smallest absolute Gasteiger partial charge is 0.213 e. The predicted molar refractivity (Wildman–Crippen MR) is 121 cm³/mol. The van der Waals surface area contributed by atoms with Gasteiger partial charge >= 0.3 is 0 Å². The van der Waals surface area contributed by atoms with Crippen LogP contribution in [0, 0.1) is 5.92 Å². The molecule has 146 valence electrons. The fourth-order valence-electron chi connectivity index (χ4n) is 3.38. The fraction of sp³-hybridized carbons (Fsp3) is 0.429. The number of hydrogen-bond acceptors (Lipinski definition) is 3. The zero-order valence-electron chi connectivity index (χ0n) is 16.1. The van der Waals surface area contributed by atoms with Crippen LogP contribution in [0.3, 0.4) is 0 Å². The van der Waals surface area contributed by atoms with Crippen molar-refractivity contribution >= 4 is 29.9 Å². The maximum absolute atomic E-state index is 5.19. The van der Waals surface area contributed by atoms with Gasteiger partial charge in [-0.15, -0.1) is 24.0 Å². The van der Waals surface area contributed by atoms with Crippen molar-refractivity contribution in [1.29, 1.82) is 0 Å². The molecule has 1 atom stereocenters. The number of likely N-dealkylation sites (tertiary alicyclic amines) is 1. The summed E-state index contributed by atoms with van der Waals surface area (Å²) in [5.74, 6) is 2.29. The van der Waals surface area contributed by atoms with Crippen LogP contribution in [0.15, 0.2) is 53.5 Å². The van der Waals surface area contributed by atoms with Crippen molar-refractivity contribution in [2.75, 3.05) is 26.7 Å². The number of pyridine rings is 1. The lowest BCUT2D eigenvalue weighted by Gasteiger charge is -2.21. The second kappa shape index (κ2) is 11.1. The first kappa shape index (κ1) is 21.5. The van der Waals surface area contributed by atoms with E-state index in [1.165, 1.54) is 12.0 Å². The Kier molecular flexibility index (Phi) is 8.84. The quantitative estimate of drug-likeness (QED) is 0.389. The van der Waals surface area contributed by atoms with E-state index < -0.39 is 0 Å². The number of hydrogen-bond donors (Lipinski definition) is 1. The third-order valence-electron chi connectivity index (χ3n) is 4.67. The van der Waals surface area contributed by atoms with Gasteiger partial charge in [0.05, 0.1) is 19.3 Å². The molecule has 0 aliphatic carbocycles. The lowest BCUT2D eigenvalue weighted by atomic mass is 9.99. The highest BCUT2D eigenvalue weighted by atomic mass is 127. The summed E-state index contributed by atoms with van der Waals surface area (Å²) in [6.45, 7) is 5.63. The molecular formula is C21H29IN4O. The van der Waals surface area contributed by atoms with Crippen molar-refractivity contribution in [3.05, 3.63) is 59.8 Å². The average molecular weight is 480 g/mol. The molecule has 0 spiro atoms. The summed E-state index contributed by atoms with van der Waals surface area (Å²) in [6.07, 6.45) is 2.34. The molecule has 0 radical (unpaired) electrons. The number of halogens is 1. The lowest BCUT2D eigenvalue weighted by Crippen LogP contribution is -2.40. The van der Waals surface area contributed by atoms with E-state index in [0.29, 0.717) is 18.3 Å². The molecule has 1 unspecified atom stereocenters. The van der Waals surface area contributed by atoms with Crippen LogP contribution in [0.25, 0.3) is 0 Å². The van der Waals surface area contributed by atoms with Gasteiger partial charge in [-0.3, -0.25) is 0 Å². The van der Waals surface area contributed by atoms with E-state index in [9.17, 15) is 0 Å². The van der Waals surface area contributed by atoms with Crippen LogP contribution < -0.4 is 10.1 Å². The normalized spacial score (nSPS) is 16.7. The van der Waals surface area contributed by atoms with Crippen molar-refractivity contribution in [2.24, 2.45) is 10.9 Å². The molecule has 1 N–H and O–H groups in total. The molecule has 0 amide bonds. The number of ether oxygens (including phenoxy) is 1. The van der Waals surface area contributed by atoms with Crippen LogP contribution in [0.5, 0.6) is 5.88 Å². The summed E-state index contributed by atoms with van der Waals surface area (Å²) in [5, 5.41) is 3.42. The molecule has 0 bridgehead atoms. The second-order valence-corrected chi connectivity index (χ2v) is 6.63. The molecule has 2 aromatic rings. The second-order valence-electron chi connectivity index (χ2n) is 6.63. The third-order valence-corrected chi connectivity index (χ3v) is 4.67. The minimum absolute atomic E-state index is 0. The summed E-state index contributed by atoms with van der Waals surface area (Å²) >= 11 is 0.